The molecule has 1 saturated heterocycles. The molecule has 0 aromatic rings. The molecular formula is C11H24N2O. The van der Waals surface area contributed by atoms with Gasteiger partial charge in [0.2, 0.25) is 0 Å². The van der Waals surface area contributed by atoms with E-state index in [1.807, 2.05) is 0 Å². The zero-order chi connectivity index (χ0) is 10.4. The van der Waals surface area contributed by atoms with Crippen LogP contribution in [-0.4, -0.2) is 43.8 Å². The van der Waals surface area contributed by atoms with Gasteiger partial charge < -0.3 is 15.4 Å². The summed E-state index contributed by atoms with van der Waals surface area (Å²) >= 11 is 0. The van der Waals surface area contributed by atoms with Crippen molar-refractivity contribution in [1.82, 2.24) is 4.90 Å². The minimum absolute atomic E-state index is 0.234. The van der Waals surface area contributed by atoms with Crippen LogP contribution in [0, 0.1) is 5.92 Å². The molecule has 84 valence electrons. The van der Waals surface area contributed by atoms with Crippen molar-refractivity contribution in [2.45, 2.75) is 32.8 Å². The highest BCUT2D eigenvalue weighted by molar-refractivity contribution is 4.67. The number of nitrogens with two attached hydrogens (primary N) is 1. The summed E-state index contributed by atoms with van der Waals surface area (Å²) in [6.07, 6.45) is 2.94. The number of rotatable bonds is 6. The fraction of sp³-hybridized carbons (Fsp3) is 1.00. The zero-order valence-corrected chi connectivity index (χ0v) is 9.54. The SMILES string of the molecule is CC(C)C(CN)OCCN1CCCC1. The number of nitrogens with zero attached hydrogens (tertiary/aromatic N) is 1. The maximum Gasteiger partial charge on any atom is 0.0720 e. The fourth-order valence-electron chi connectivity index (χ4n) is 1.87. The Morgan fingerprint density at radius 3 is 2.43 bits per heavy atom. The first kappa shape index (κ1) is 12.0. The van der Waals surface area contributed by atoms with Crippen LogP contribution in [0.2, 0.25) is 0 Å². The normalized spacial score (nSPS) is 20.6. The first-order valence-electron chi connectivity index (χ1n) is 5.78. The highest BCUT2D eigenvalue weighted by Gasteiger charge is 2.14. The Kier molecular flexibility index (Phi) is 5.45. The largest absolute Gasteiger partial charge is 0.375 e. The van der Waals surface area contributed by atoms with Crippen molar-refractivity contribution in [3.05, 3.63) is 0 Å². The van der Waals surface area contributed by atoms with Gasteiger partial charge in [0, 0.05) is 13.1 Å². The molecule has 0 amide bonds. The standard InChI is InChI=1S/C11H24N2O/c1-10(2)11(9-12)14-8-7-13-5-3-4-6-13/h10-11H,3-9,12H2,1-2H3. The van der Waals surface area contributed by atoms with E-state index in [2.05, 4.69) is 18.7 Å². The van der Waals surface area contributed by atoms with Crippen LogP contribution in [0.4, 0.5) is 0 Å². The van der Waals surface area contributed by atoms with Crippen LogP contribution in [0.25, 0.3) is 0 Å². The first-order valence-corrected chi connectivity index (χ1v) is 5.78. The molecule has 0 saturated carbocycles. The molecule has 0 bridgehead atoms. The molecule has 3 nitrogen and oxygen atoms in total. The molecule has 1 unspecified atom stereocenters. The number of hydrogen-bond donors (Lipinski definition) is 1. The fourth-order valence-corrected chi connectivity index (χ4v) is 1.87. The molecule has 1 fully saturated rings. The lowest BCUT2D eigenvalue weighted by molar-refractivity contribution is 0.0188. The van der Waals surface area contributed by atoms with E-state index in [0.717, 1.165) is 13.2 Å². The van der Waals surface area contributed by atoms with Gasteiger partial charge in [0.25, 0.3) is 0 Å². The van der Waals surface area contributed by atoms with E-state index in [0.29, 0.717) is 12.5 Å². The highest BCUT2D eigenvalue weighted by atomic mass is 16.5. The van der Waals surface area contributed by atoms with Crippen molar-refractivity contribution in [3.63, 3.8) is 0 Å². The quantitative estimate of drug-likeness (QED) is 0.697. The second-order valence-electron chi connectivity index (χ2n) is 4.44. The van der Waals surface area contributed by atoms with Crippen molar-refractivity contribution < 1.29 is 4.74 Å². The van der Waals surface area contributed by atoms with Gasteiger partial charge in [0.1, 0.15) is 0 Å². The third kappa shape index (κ3) is 3.95. The topological polar surface area (TPSA) is 38.5 Å². The molecule has 1 rings (SSSR count). The molecule has 2 N–H and O–H groups in total. The van der Waals surface area contributed by atoms with E-state index in [9.17, 15) is 0 Å². The highest BCUT2D eigenvalue weighted by Crippen LogP contribution is 2.08. The lowest BCUT2D eigenvalue weighted by atomic mass is 10.1. The van der Waals surface area contributed by atoms with Crippen molar-refractivity contribution in [2.75, 3.05) is 32.8 Å². The second kappa shape index (κ2) is 6.38. The van der Waals surface area contributed by atoms with Crippen LogP contribution in [0.15, 0.2) is 0 Å². The molecule has 3 heteroatoms. The Hall–Kier alpha value is -0.120. The summed E-state index contributed by atoms with van der Waals surface area (Å²) in [5, 5.41) is 0. The van der Waals surface area contributed by atoms with Gasteiger partial charge in [-0.1, -0.05) is 13.8 Å². The van der Waals surface area contributed by atoms with Crippen LogP contribution in [0.1, 0.15) is 26.7 Å². The lowest BCUT2D eigenvalue weighted by Gasteiger charge is -2.21. The average Bonchev–Trinajstić information content (AvgIpc) is 2.64. The molecule has 1 aliphatic rings. The number of likely N-dealkylation sites (tertiary alicyclic amines) is 1. The molecule has 1 aliphatic heterocycles. The zero-order valence-electron chi connectivity index (χ0n) is 9.54. The molecule has 0 aromatic carbocycles. The third-order valence-electron chi connectivity index (χ3n) is 2.91. The van der Waals surface area contributed by atoms with E-state index in [1.54, 1.807) is 0 Å². The maximum atomic E-state index is 5.75. The Balaban J connectivity index is 2.06. The van der Waals surface area contributed by atoms with Crippen LogP contribution in [0.5, 0.6) is 0 Å². The maximum absolute atomic E-state index is 5.75. The molecule has 0 aromatic heterocycles. The van der Waals surface area contributed by atoms with E-state index < -0.39 is 0 Å². The smallest absolute Gasteiger partial charge is 0.0720 e. The monoisotopic (exact) mass is 200 g/mol. The summed E-state index contributed by atoms with van der Waals surface area (Å²) in [6, 6.07) is 0. The van der Waals surface area contributed by atoms with Gasteiger partial charge in [-0.15, -0.1) is 0 Å². The summed E-state index contributed by atoms with van der Waals surface area (Å²) in [7, 11) is 0. The van der Waals surface area contributed by atoms with Crippen molar-refractivity contribution in [3.8, 4) is 0 Å². The Morgan fingerprint density at radius 1 is 1.29 bits per heavy atom. The van der Waals surface area contributed by atoms with Gasteiger partial charge in [-0.25, -0.2) is 0 Å². The summed E-state index contributed by atoms with van der Waals surface area (Å²) in [6.45, 7) is 9.36. The lowest BCUT2D eigenvalue weighted by Crippen LogP contribution is -2.32. The van der Waals surface area contributed by atoms with Crippen molar-refractivity contribution >= 4 is 0 Å². The van der Waals surface area contributed by atoms with Crippen LogP contribution in [0.3, 0.4) is 0 Å². The molecule has 1 atom stereocenters. The molecule has 0 aliphatic carbocycles. The predicted octanol–water partition coefficient (Wildman–Crippen LogP) is 1.08. The van der Waals surface area contributed by atoms with Gasteiger partial charge in [0.05, 0.1) is 12.7 Å². The van der Waals surface area contributed by atoms with Crippen LogP contribution in [-0.2, 0) is 4.74 Å². The second-order valence-corrected chi connectivity index (χ2v) is 4.44. The van der Waals surface area contributed by atoms with Crippen molar-refractivity contribution in [2.24, 2.45) is 11.7 Å². The van der Waals surface area contributed by atoms with Gasteiger partial charge in [-0.2, -0.15) is 0 Å². The van der Waals surface area contributed by atoms with Gasteiger partial charge in [0.15, 0.2) is 0 Å². The Labute approximate surface area is 87.6 Å². The average molecular weight is 200 g/mol. The van der Waals surface area contributed by atoms with E-state index in [-0.39, 0.29) is 6.10 Å². The van der Waals surface area contributed by atoms with Crippen molar-refractivity contribution in [1.29, 1.82) is 0 Å². The van der Waals surface area contributed by atoms with Crippen LogP contribution >= 0.6 is 0 Å². The van der Waals surface area contributed by atoms with Gasteiger partial charge >= 0.3 is 0 Å². The summed E-state index contributed by atoms with van der Waals surface area (Å²) in [4.78, 5) is 2.47. The van der Waals surface area contributed by atoms with E-state index in [4.69, 9.17) is 10.5 Å². The van der Waals surface area contributed by atoms with Gasteiger partial charge in [-0.05, 0) is 31.8 Å². The summed E-state index contributed by atoms with van der Waals surface area (Å²) in [5.74, 6) is 0.526. The minimum atomic E-state index is 0.234. The number of hydrogen-bond acceptors (Lipinski definition) is 3. The van der Waals surface area contributed by atoms with Crippen LogP contribution < -0.4 is 5.73 Å². The third-order valence-corrected chi connectivity index (χ3v) is 2.91. The molecular weight excluding hydrogens is 176 g/mol. The Bertz CT molecular complexity index is 144. The molecule has 0 radical (unpaired) electrons. The molecule has 0 spiro atoms. The van der Waals surface area contributed by atoms with E-state index in [1.165, 1.54) is 25.9 Å². The first-order chi connectivity index (χ1) is 6.74. The predicted molar refractivity (Wildman–Crippen MR) is 59.3 cm³/mol. The Morgan fingerprint density at radius 2 is 1.93 bits per heavy atom. The van der Waals surface area contributed by atoms with Gasteiger partial charge in [-0.3, -0.25) is 0 Å². The van der Waals surface area contributed by atoms with E-state index >= 15 is 0 Å². The summed E-state index contributed by atoms with van der Waals surface area (Å²) in [5.41, 5.74) is 5.63. The summed E-state index contributed by atoms with van der Waals surface area (Å²) < 4.78 is 5.75. The minimum Gasteiger partial charge on any atom is -0.375 e. The molecule has 14 heavy (non-hydrogen) atoms. The number of ether oxygens (including phenoxy) is 1. The molecule has 1 heterocycles.